The van der Waals surface area contributed by atoms with Crippen molar-refractivity contribution in [2.75, 3.05) is 6.54 Å². The van der Waals surface area contributed by atoms with Gasteiger partial charge >= 0.3 is 6.41 Å². The minimum absolute atomic E-state index is 0.414. The predicted octanol–water partition coefficient (Wildman–Crippen LogP) is 1.66. The highest BCUT2D eigenvalue weighted by Gasteiger charge is 2.22. The van der Waals surface area contributed by atoms with Crippen molar-refractivity contribution in [3.8, 4) is 0 Å². The smallest absolute Gasteiger partial charge is 0.280 e. The fraction of sp³-hybridized carbons (Fsp3) is 0.462. The largest absolute Gasteiger partial charge is 0.324 e. The van der Waals surface area contributed by atoms with Crippen LogP contribution in [0.4, 0.5) is 0 Å². The molecule has 3 nitrogen and oxygen atoms in total. The molecular formula is C13H17N2O. The molecule has 3 heteroatoms. The molecule has 1 fully saturated rings. The maximum absolute atomic E-state index is 10.4. The summed E-state index contributed by atoms with van der Waals surface area (Å²) in [6.07, 6.45) is 6.31. The molecule has 16 heavy (non-hydrogen) atoms. The molecule has 1 aromatic rings. The van der Waals surface area contributed by atoms with Crippen LogP contribution in [0.5, 0.6) is 0 Å². The summed E-state index contributed by atoms with van der Waals surface area (Å²) in [5, 5.41) is 2.02. The molecular weight excluding hydrogens is 200 g/mol. The van der Waals surface area contributed by atoms with Crippen LogP contribution in [-0.4, -0.2) is 24.0 Å². The van der Waals surface area contributed by atoms with Gasteiger partial charge in [-0.3, -0.25) is 10.2 Å². The van der Waals surface area contributed by atoms with Crippen LogP contribution >= 0.6 is 0 Å². The highest BCUT2D eigenvalue weighted by Crippen LogP contribution is 2.18. The number of nitrogens with one attached hydrogen (secondary N) is 1. The minimum atomic E-state index is 0.414. The lowest BCUT2D eigenvalue weighted by molar-refractivity contribution is 0.115. The number of hydrogen-bond acceptors (Lipinski definition) is 2. The summed E-state index contributed by atoms with van der Waals surface area (Å²) >= 11 is 0. The van der Waals surface area contributed by atoms with Crippen molar-refractivity contribution >= 4 is 6.41 Å². The van der Waals surface area contributed by atoms with Crippen LogP contribution in [0.2, 0.25) is 0 Å². The Morgan fingerprint density at radius 2 is 2.12 bits per heavy atom. The maximum atomic E-state index is 10.4. The summed E-state index contributed by atoms with van der Waals surface area (Å²) in [6.45, 7) is 0.937. The first-order valence-electron chi connectivity index (χ1n) is 5.83. The molecule has 0 aliphatic carbocycles. The Bertz CT molecular complexity index is 326. The van der Waals surface area contributed by atoms with Gasteiger partial charge in [0.15, 0.2) is 0 Å². The van der Waals surface area contributed by atoms with Crippen molar-refractivity contribution in [2.24, 2.45) is 0 Å². The van der Waals surface area contributed by atoms with E-state index in [2.05, 4.69) is 29.7 Å². The summed E-state index contributed by atoms with van der Waals surface area (Å²) in [6, 6.07) is 10.8. The number of benzene rings is 1. The van der Waals surface area contributed by atoms with Gasteiger partial charge in [-0.1, -0.05) is 36.8 Å². The second-order valence-electron chi connectivity index (χ2n) is 4.25. The van der Waals surface area contributed by atoms with Gasteiger partial charge in [0.05, 0.1) is 0 Å². The lowest BCUT2D eigenvalue weighted by Crippen LogP contribution is -2.48. The van der Waals surface area contributed by atoms with Crippen molar-refractivity contribution in [2.45, 2.75) is 31.7 Å². The Labute approximate surface area is 96.4 Å². The third-order valence-corrected chi connectivity index (χ3v) is 3.13. The topological polar surface area (TPSA) is 32.3 Å². The monoisotopic (exact) mass is 217 g/mol. The Hall–Kier alpha value is -1.35. The minimum Gasteiger partial charge on any atom is -0.280 e. The van der Waals surface area contributed by atoms with Crippen LogP contribution in [-0.2, 0) is 11.2 Å². The standard InChI is InChI=1S/C13H17N2O/c16-11-14-15-9-5-4-8-13(15)10-12-6-2-1-3-7-12/h1-3,6-7,13H,4-5,8-10H2,(H,14,16). The third-order valence-electron chi connectivity index (χ3n) is 3.13. The Kier molecular flexibility index (Phi) is 3.94. The van der Waals surface area contributed by atoms with E-state index in [0.717, 1.165) is 25.8 Å². The van der Waals surface area contributed by atoms with E-state index in [0.29, 0.717) is 6.04 Å². The van der Waals surface area contributed by atoms with Gasteiger partial charge in [-0.2, -0.15) is 0 Å². The van der Waals surface area contributed by atoms with Crippen molar-refractivity contribution in [1.82, 2.24) is 10.4 Å². The average Bonchev–Trinajstić information content (AvgIpc) is 2.33. The van der Waals surface area contributed by atoms with E-state index in [1.165, 1.54) is 12.0 Å². The molecule has 0 bridgehead atoms. The number of amides is 1. The fourth-order valence-corrected chi connectivity index (χ4v) is 2.30. The first kappa shape index (κ1) is 11.1. The number of hydrogen-bond donors (Lipinski definition) is 1. The molecule has 1 radical (unpaired) electrons. The van der Waals surface area contributed by atoms with Gasteiger partial charge in [-0.05, 0) is 24.8 Å². The lowest BCUT2D eigenvalue weighted by Gasteiger charge is -2.34. The molecule has 2 rings (SSSR count). The van der Waals surface area contributed by atoms with Crippen molar-refractivity contribution in [3.05, 3.63) is 35.9 Å². The zero-order valence-corrected chi connectivity index (χ0v) is 9.36. The summed E-state index contributed by atoms with van der Waals surface area (Å²) in [5.41, 5.74) is 4.01. The molecule has 1 N–H and O–H groups in total. The summed E-state index contributed by atoms with van der Waals surface area (Å²) in [5.74, 6) is 0. The van der Waals surface area contributed by atoms with Crippen LogP contribution in [0.15, 0.2) is 30.3 Å². The molecule has 1 unspecified atom stereocenters. The Morgan fingerprint density at radius 1 is 1.31 bits per heavy atom. The second-order valence-corrected chi connectivity index (χ2v) is 4.25. The first-order valence-corrected chi connectivity index (χ1v) is 5.83. The van der Waals surface area contributed by atoms with E-state index in [4.69, 9.17) is 0 Å². The predicted molar refractivity (Wildman–Crippen MR) is 63.3 cm³/mol. The molecule has 85 valence electrons. The maximum Gasteiger partial charge on any atom is 0.324 e. The number of hydrazine groups is 1. The van der Waals surface area contributed by atoms with Gasteiger partial charge in [0.25, 0.3) is 0 Å². The molecule has 1 aliphatic heterocycles. The van der Waals surface area contributed by atoms with E-state index in [-0.39, 0.29) is 0 Å². The van der Waals surface area contributed by atoms with E-state index >= 15 is 0 Å². The van der Waals surface area contributed by atoms with Crippen molar-refractivity contribution in [1.29, 1.82) is 0 Å². The molecule has 0 aromatic heterocycles. The molecule has 1 aromatic carbocycles. The first-order chi connectivity index (χ1) is 7.90. The van der Waals surface area contributed by atoms with Crippen LogP contribution in [0.1, 0.15) is 24.8 Å². The number of piperidine rings is 1. The van der Waals surface area contributed by atoms with Crippen molar-refractivity contribution in [3.63, 3.8) is 0 Å². The van der Waals surface area contributed by atoms with Gasteiger partial charge in [0.1, 0.15) is 0 Å². The molecule has 1 amide bonds. The van der Waals surface area contributed by atoms with Crippen LogP contribution in [0, 0.1) is 0 Å². The Balaban J connectivity index is 1.98. The van der Waals surface area contributed by atoms with Crippen LogP contribution in [0.3, 0.4) is 0 Å². The van der Waals surface area contributed by atoms with Gasteiger partial charge in [-0.15, -0.1) is 0 Å². The average molecular weight is 217 g/mol. The third kappa shape index (κ3) is 2.83. The highest BCUT2D eigenvalue weighted by molar-refractivity contribution is 5.46. The summed E-state index contributed by atoms with van der Waals surface area (Å²) < 4.78 is 0. The lowest BCUT2D eigenvalue weighted by atomic mass is 9.97. The fourth-order valence-electron chi connectivity index (χ4n) is 2.30. The number of nitrogens with zero attached hydrogens (tertiary/aromatic N) is 1. The van der Waals surface area contributed by atoms with E-state index in [1.807, 2.05) is 11.1 Å². The molecule has 0 saturated carbocycles. The van der Waals surface area contributed by atoms with Gasteiger partial charge in [0, 0.05) is 12.6 Å². The zero-order chi connectivity index (χ0) is 11.2. The number of carbonyl (C=O) groups excluding carboxylic acids is 1. The van der Waals surface area contributed by atoms with E-state index in [1.54, 1.807) is 6.41 Å². The zero-order valence-electron chi connectivity index (χ0n) is 9.36. The molecule has 0 spiro atoms. The van der Waals surface area contributed by atoms with Crippen molar-refractivity contribution < 1.29 is 4.79 Å². The Morgan fingerprint density at radius 3 is 2.88 bits per heavy atom. The molecule has 1 aliphatic rings. The van der Waals surface area contributed by atoms with E-state index < -0.39 is 0 Å². The summed E-state index contributed by atoms with van der Waals surface area (Å²) in [4.78, 5) is 10.4. The molecule has 1 saturated heterocycles. The SMILES string of the molecule is O=[C]NN1CCCCC1Cc1ccccc1. The quantitative estimate of drug-likeness (QED) is 0.778. The normalized spacial score (nSPS) is 21.6. The van der Waals surface area contributed by atoms with E-state index in [9.17, 15) is 4.79 Å². The van der Waals surface area contributed by atoms with Gasteiger partial charge in [-0.25, -0.2) is 5.01 Å². The second kappa shape index (κ2) is 5.66. The molecule has 1 atom stereocenters. The summed E-state index contributed by atoms with van der Waals surface area (Å²) in [7, 11) is 0. The van der Waals surface area contributed by atoms with Gasteiger partial charge < -0.3 is 0 Å². The van der Waals surface area contributed by atoms with Crippen LogP contribution in [0.25, 0.3) is 0 Å². The van der Waals surface area contributed by atoms with Gasteiger partial charge in [0.2, 0.25) is 0 Å². The molecule has 1 heterocycles. The van der Waals surface area contributed by atoms with Crippen LogP contribution < -0.4 is 5.43 Å². The highest BCUT2D eigenvalue weighted by atomic mass is 16.1. The number of rotatable bonds is 4.